The van der Waals surface area contributed by atoms with Gasteiger partial charge in [-0.15, -0.1) is 6.58 Å². The molecule has 1 aromatic carbocycles. The van der Waals surface area contributed by atoms with E-state index >= 15 is 0 Å². The van der Waals surface area contributed by atoms with Crippen LogP contribution in [-0.4, -0.2) is 32.7 Å². The molecular weight excluding hydrogens is 358 g/mol. The predicted octanol–water partition coefficient (Wildman–Crippen LogP) is 3.82. The van der Waals surface area contributed by atoms with Crippen molar-refractivity contribution >= 4 is 45.9 Å². The zero-order valence-corrected chi connectivity index (χ0v) is 14.9. The smallest absolute Gasteiger partial charge is 0.335 e. The molecule has 1 aliphatic rings. The number of carboxylic acids is 1. The van der Waals surface area contributed by atoms with Gasteiger partial charge in [-0.25, -0.2) is 4.79 Å². The molecular formula is C18H15NO4S2. The third-order valence-corrected chi connectivity index (χ3v) is 4.54. The van der Waals surface area contributed by atoms with Crippen molar-refractivity contribution in [1.82, 2.24) is 4.90 Å². The van der Waals surface area contributed by atoms with E-state index in [1.54, 1.807) is 18.2 Å². The van der Waals surface area contributed by atoms with Gasteiger partial charge in [0.25, 0.3) is 5.91 Å². The third kappa shape index (κ3) is 4.46. The number of aromatic carboxylic acids is 1. The number of thioether (sulfide) groups is 1. The molecule has 5 nitrogen and oxygen atoms in total. The van der Waals surface area contributed by atoms with Crippen LogP contribution in [-0.2, 0) is 9.53 Å². The molecule has 0 saturated carbocycles. The minimum atomic E-state index is -1.04. The van der Waals surface area contributed by atoms with Gasteiger partial charge in [-0.3, -0.25) is 9.69 Å². The quantitative estimate of drug-likeness (QED) is 0.339. The van der Waals surface area contributed by atoms with Crippen LogP contribution in [0.3, 0.4) is 0 Å². The highest BCUT2D eigenvalue weighted by Gasteiger charge is 2.31. The molecule has 1 heterocycles. The molecule has 0 radical (unpaired) electrons. The van der Waals surface area contributed by atoms with Crippen molar-refractivity contribution in [3.8, 4) is 0 Å². The summed E-state index contributed by atoms with van der Waals surface area (Å²) in [6.07, 6.45) is 3.07. The summed E-state index contributed by atoms with van der Waals surface area (Å²) < 4.78 is 5.95. The Balaban J connectivity index is 2.10. The molecule has 0 bridgehead atoms. The summed E-state index contributed by atoms with van der Waals surface area (Å²) in [6, 6.07) is 6.18. The van der Waals surface area contributed by atoms with Crippen LogP contribution in [0.15, 0.2) is 66.8 Å². The van der Waals surface area contributed by atoms with Crippen LogP contribution in [0.1, 0.15) is 15.9 Å². The Kier molecular flexibility index (Phi) is 5.95. The maximum atomic E-state index is 12.2. The number of amides is 1. The largest absolute Gasteiger partial charge is 0.478 e. The SMILES string of the molecule is C=CCN1C(=O)/C(=C\C(=C)OC(=C)c2cccc(C(=O)O)c2)SC1=S. The van der Waals surface area contributed by atoms with Crippen molar-refractivity contribution in [1.29, 1.82) is 0 Å². The van der Waals surface area contributed by atoms with Gasteiger partial charge in [0.2, 0.25) is 0 Å². The summed E-state index contributed by atoms with van der Waals surface area (Å²) in [4.78, 5) is 25.1. The summed E-state index contributed by atoms with van der Waals surface area (Å²) in [5.41, 5.74) is 0.631. The van der Waals surface area contributed by atoms with Crippen LogP contribution in [0.2, 0.25) is 0 Å². The lowest BCUT2D eigenvalue weighted by Crippen LogP contribution is -2.27. The van der Waals surface area contributed by atoms with Crippen LogP contribution in [0.5, 0.6) is 0 Å². The number of allylic oxidation sites excluding steroid dienone is 1. The predicted molar refractivity (Wildman–Crippen MR) is 103 cm³/mol. The number of thiocarbonyl (C=S) groups is 1. The molecule has 1 aliphatic heterocycles. The number of benzene rings is 1. The summed E-state index contributed by atoms with van der Waals surface area (Å²) in [5, 5.41) is 9.02. The lowest BCUT2D eigenvalue weighted by atomic mass is 10.1. The topological polar surface area (TPSA) is 66.8 Å². The lowest BCUT2D eigenvalue weighted by Gasteiger charge is -2.11. The second kappa shape index (κ2) is 7.96. The van der Waals surface area contributed by atoms with E-state index in [4.69, 9.17) is 22.1 Å². The first-order chi connectivity index (χ1) is 11.8. The number of hydrogen-bond acceptors (Lipinski definition) is 5. The minimum Gasteiger partial charge on any atom is -0.478 e. The number of ether oxygens (including phenoxy) is 1. The van der Waals surface area contributed by atoms with E-state index in [2.05, 4.69) is 19.7 Å². The summed E-state index contributed by atoms with van der Waals surface area (Å²) in [6.45, 7) is 11.5. The van der Waals surface area contributed by atoms with E-state index in [1.807, 2.05) is 0 Å². The van der Waals surface area contributed by atoms with Gasteiger partial charge in [-0.1, -0.05) is 55.3 Å². The van der Waals surface area contributed by atoms with Gasteiger partial charge in [0.1, 0.15) is 15.8 Å². The molecule has 0 aromatic heterocycles. The Bertz CT molecular complexity index is 826. The van der Waals surface area contributed by atoms with Gasteiger partial charge < -0.3 is 9.84 Å². The molecule has 25 heavy (non-hydrogen) atoms. The summed E-state index contributed by atoms with van der Waals surface area (Å²) in [7, 11) is 0. The summed E-state index contributed by atoms with van der Waals surface area (Å²) in [5.74, 6) is -0.853. The average Bonchev–Trinajstić information content (AvgIpc) is 2.82. The van der Waals surface area contributed by atoms with E-state index < -0.39 is 5.97 Å². The van der Waals surface area contributed by atoms with Crippen LogP contribution in [0.4, 0.5) is 0 Å². The molecule has 1 fully saturated rings. The van der Waals surface area contributed by atoms with Crippen molar-refractivity contribution in [3.05, 3.63) is 77.9 Å². The maximum Gasteiger partial charge on any atom is 0.335 e. The van der Waals surface area contributed by atoms with Gasteiger partial charge in [-0.2, -0.15) is 0 Å². The van der Waals surface area contributed by atoms with E-state index in [-0.39, 0.29) is 23.0 Å². The number of carboxylic acid groups (broad SMARTS) is 1. The third-order valence-electron chi connectivity index (χ3n) is 3.16. The molecule has 7 heteroatoms. The normalized spacial score (nSPS) is 15.4. The van der Waals surface area contributed by atoms with Gasteiger partial charge in [0, 0.05) is 12.1 Å². The highest BCUT2D eigenvalue weighted by atomic mass is 32.2. The van der Waals surface area contributed by atoms with Crippen molar-refractivity contribution in [2.75, 3.05) is 6.54 Å². The molecule has 2 rings (SSSR count). The Morgan fingerprint density at radius 1 is 1.36 bits per heavy atom. The standard InChI is InChI=1S/C18H15NO4S2/c1-4-8-19-16(20)15(25-18(19)24)9-11(2)23-12(3)13-6-5-7-14(10-13)17(21)22/h4-7,9-10H,1-3,8H2,(H,21,22)/b15-9+. The Hall–Kier alpha value is -2.64. The van der Waals surface area contributed by atoms with E-state index in [1.165, 1.54) is 23.1 Å². The molecule has 1 amide bonds. The average molecular weight is 373 g/mol. The molecule has 1 N–H and O–H groups in total. The van der Waals surface area contributed by atoms with Gasteiger partial charge in [0.05, 0.1) is 10.5 Å². The maximum absolute atomic E-state index is 12.2. The van der Waals surface area contributed by atoms with Gasteiger partial charge >= 0.3 is 5.97 Å². The number of carbonyl (C=O) groups excluding carboxylic acids is 1. The first kappa shape index (κ1) is 18.7. The fourth-order valence-corrected chi connectivity index (χ4v) is 3.28. The van der Waals surface area contributed by atoms with Crippen LogP contribution < -0.4 is 0 Å². The number of hydrogen-bond donors (Lipinski definition) is 1. The van der Waals surface area contributed by atoms with Crippen molar-refractivity contribution in [3.63, 3.8) is 0 Å². The van der Waals surface area contributed by atoms with Gasteiger partial charge in [0.15, 0.2) is 0 Å². The molecule has 0 unspecified atom stereocenters. The fourth-order valence-electron chi connectivity index (χ4n) is 2.01. The number of rotatable bonds is 7. The van der Waals surface area contributed by atoms with E-state index in [9.17, 15) is 9.59 Å². The van der Waals surface area contributed by atoms with Crippen molar-refractivity contribution in [2.24, 2.45) is 0 Å². The zero-order valence-electron chi connectivity index (χ0n) is 13.2. The Morgan fingerprint density at radius 3 is 2.68 bits per heavy atom. The zero-order chi connectivity index (χ0) is 18.6. The summed E-state index contributed by atoms with van der Waals surface area (Å²) >= 11 is 6.30. The lowest BCUT2D eigenvalue weighted by molar-refractivity contribution is -0.121. The molecule has 0 atom stereocenters. The second-order valence-corrected chi connectivity index (χ2v) is 6.63. The van der Waals surface area contributed by atoms with Crippen LogP contribution in [0, 0.1) is 0 Å². The molecule has 1 saturated heterocycles. The highest BCUT2D eigenvalue weighted by Crippen LogP contribution is 2.32. The van der Waals surface area contributed by atoms with Crippen molar-refractivity contribution in [2.45, 2.75) is 0 Å². The van der Waals surface area contributed by atoms with Crippen LogP contribution in [0.25, 0.3) is 5.76 Å². The van der Waals surface area contributed by atoms with E-state index in [0.29, 0.717) is 21.3 Å². The minimum absolute atomic E-state index is 0.123. The first-order valence-corrected chi connectivity index (χ1v) is 8.31. The fraction of sp³-hybridized carbons (Fsp3) is 0.0556. The molecule has 0 spiro atoms. The molecule has 0 aliphatic carbocycles. The van der Waals surface area contributed by atoms with Gasteiger partial charge in [-0.05, 0) is 18.2 Å². The highest BCUT2D eigenvalue weighted by molar-refractivity contribution is 8.26. The Morgan fingerprint density at radius 2 is 2.04 bits per heavy atom. The molecule has 128 valence electrons. The molecule has 1 aromatic rings. The van der Waals surface area contributed by atoms with E-state index in [0.717, 1.165) is 11.8 Å². The Labute approximate surface area is 155 Å². The van der Waals surface area contributed by atoms with Crippen LogP contribution >= 0.6 is 24.0 Å². The number of carbonyl (C=O) groups is 2. The first-order valence-electron chi connectivity index (χ1n) is 7.09. The number of nitrogens with zero attached hydrogens (tertiary/aromatic N) is 1. The second-order valence-electron chi connectivity index (χ2n) is 4.96. The monoisotopic (exact) mass is 373 g/mol. The van der Waals surface area contributed by atoms with Crippen molar-refractivity contribution < 1.29 is 19.4 Å².